The first-order chi connectivity index (χ1) is 25.3. The van der Waals surface area contributed by atoms with Crippen LogP contribution in [0.15, 0.2) is 84.9 Å². The molecule has 4 rings (SSSR count). The molecule has 0 atom stereocenters. The molecule has 1 N–H and O–H groups in total. The third-order valence-electron chi connectivity index (χ3n) is 8.68. The Morgan fingerprint density at radius 3 is 1.62 bits per heavy atom. The van der Waals surface area contributed by atoms with Crippen LogP contribution in [0.5, 0.6) is 23.0 Å². The fourth-order valence-electron chi connectivity index (χ4n) is 5.52. The summed E-state index contributed by atoms with van der Waals surface area (Å²) in [6, 6.07) is 23.5. The quantitative estimate of drug-likeness (QED) is 0.0462. The topological polar surface area (TPSA) is 125 Å². The number of phenols is 1. The summed E-state index contributed by atoms with van der Waals surface area (Å²) in [6.07, 6.45) is 5.76. The van der Waals surface area contributed by atoms with Crippen molar-refractivity contribution in [2.75, 3.05) is 13.2 Å². The second kappa shape index (κ2) is 19.4. The van der Waals surface area contributed by atoms with E-state index in [-0.39, 0.29) is 35.8 Å². The molecule has 0 amide bonds. The predicted molar refractivity (Wildman–Crippen MR) is 203 cm³/mol. The molecule has 4 aromatic carbocycles. The van der Waals surface area contributed by atoms with Crippen molar-refractivity contribution >= 4 is 23.7 Å². The standard InChI is InChI=1S/C44H50O9/c1-30-12-14-32(15-13-30)42(48)52-36-20-22-37(23-21-36)53-43(49)33-16-18-35(19-17-33)50-26-10-8-6-7-9-11-27-51-40(46)25-24-39(45)34-28-31(2)41(47)38(29-34)44(3,4)5/h12-23,28-29,47H,6-11,24-27H2,1-5H3. The van der Waals surface area contributed by atoms with Crippen LogP contribution in [0.3, 0.4) is 0 Å². The van der Waals surface area contributed by atoms with E-state index in [1.165, 1.54) is 0 Å². The van der Waals surface area contributed by atoms with Gasteiger partial charge in [-0.2, -0.15) is 0 Å². The number of phenolic OH excluding ortho intramolecular Hbond substituents is 1. The Balaban J connectivity index is 1.03. The number of Topliss-reactive ketones (excluding diaryl/α,β-unsaturated/α-hetero) is 1. The fraction of sp³-hybridized carbons (Fsp3) is 0.364. The van der Waals surface area contributed by atoms with Gasteiger partial charge in [0.25, 0.3) is 0 Å². The Morgan fingerprint density at radius 2 is 1.08 bits per heavy atom. The fourth-order valence-corrected chi connectivity index (χ4v) is 5.52. The maximum Gasteiger partial charge on any atom is 0.343 e. The summed E-state index contributed by atoms with van der Waals surface area (Å²) in [5.41, 5.74) is 3.43. The smallest absolute Gasteiger partial charge is 0.343 e. The number of carbonyl (C=O) groups excluding carboxylic acids is 4. The highest BCUT2D eigenvalue weighted by Crippen LogP contribution is 2.34. The number of benzene rings is 4. The molecule has 4 aromatic rings. The van der Waals surface area contributed by atoms with E-state index in [9.17, 15) is 24.3 Å². The van der Waals surface area contributed by atoms with E-state index < -0.39 is 11.9 Å². The first-order valence-corrected chi connectivity index (χ1v) is 18.2. The highest BCUT2D eigenvalue weighted by atomic mass is 16.5. The van der Waals surface area contributed by atoms with Crippen LogP contribution in [0.4, 0.5) is 0 Å². The van der Waals surface area contributed by atoms with E-state index in [0.29, 0.717) is 58.3 Å². The van der Waals surface area contributed by atoms with Gasteiger partial charge in [-0.15, -0.1) is 0 Å². The molecule has 0 aromatic heterocycles. The number of hydrogen-bond acceptors (Lipinski definition) is 9. The minimum atomic E-state index is -0.513. The molecule has 0 unspecified atom stereocenters. The zero-order valence-corrected chi connectivity index (χ0v) is 31.4. The first kappa shape index (κ1) is 40.3. The summed E-state index contributed by atoms with van der Waals surface area (Å²) >= 11 is 0. The minimum Gasteiger partial charge on any atom is -0.507 e. The van der Waals surface area contributed by atoms with Crippen LogP contribution in [0, 0.1) is 13.8 Å². The molecule has 9 nitrogen and oxygen atoms in total. The number of carbonyl (C=O) groups is 4. The van der Waals surface area contributed by atoms with Crippen LogP contribution in [-0.4, -0.2) is 42.0 Å². The summed E-state index contributed by atoms with van der Waals surface area (Å²) in [5, 5.41) is 10.4. The van der Waals surface area contributed by atoms with Crippen molar-refractivity contribution in [1.29, 1.82) is 0 Å². The van der Waals surface area contributed by atoms with Crippen molar-refractivity contribution < 1.29 is 43.2 Å². The van der Waals surface area contributed by atoms with Gasteiger partial charge in [0.1, 0.15) is 23.0 Å². The molecule has 0 spiro atoms. The van der Waals surface area contributed by atoms with Gasteiger partial charge in [0.15, 0.2) is 5.78 Å². The van der Waals surface area contributed by atoms with Gasteiger partial charge < -0.3 is 24.1 Å². The van der Waals surface area contributed by atoms with Crippen molar-refractivity contribution in [2.45, 2.75) is 91.4 Å². The Bertz CT molecular complexity index is 1830. The van der Waals surface area contributed by atoms with Gasteiger partial charge in [-0.1, -0.05) is 64.2 Å². The Morgan fingerprint density at radius 1 is 0.585 bits per heavy atom. The lowest BCUT2D eigenvalue weighted by atomic mass is 9.83. The zero-order chi connectivity index (χ0) is 38.4. The lowest BCUT2D eigenvalue weighted by Crippen LogP contribution is -2.14. The van der Waals surface area contributed by atoms with Gasteiger partial charge in [-0.3, -0.25) is 9.59 Å². The minimum absolute atomic E-state index is 0.0296. The molecule has 0 bridgehead atoms. The molecule has 0 saturated heterocycles. The van der Waals surface area contributed by atoms with Gasteiger partial charge in [-0.05, 0) is 110 Å². The van der Waals surface area contributed by atoms with Crippen LogP contribution in [0.2, 0.25) is 0 Å². The third-order valence-corrected chi connectivity index (χ3v) is 8.68. The van der Waals surface area contributed by atoms with Gasteiger partial charge >= 0.3 is 17.9 Å². The van der Waals surface area contributed by atoms with Crippen molar-refractivity contribution in [2.24, 2.45) is 0 Å². The largest absolute Gasteiger partial charge is 0.507 e. The average Bonchev–Trinajstić information content (AvgIpc) is 3.13. The van der Waals surface area contributed by atoms with Crippen molar-refractivity contribution in [3.63, 3.8) is 0 Å². The number of esters is 3. The highest BCUT2D eigenvalue weighted by molar-refractivity contribution is 5.98. The number of rotatable bonds is 18. The SMILES string of the molecule is Cc1ccc(C(=O)Oc2ccc(OC(=O)c3ccc(OCCCCCCCCOC(=O)CCC(=O)c4cc(C)c(O)c(C(C)(C)C)c4)cc3)cc2)cc1. The number of ether oxygens (including phenoxy) is 4. The summed E-state index contributed by atoms with van der Waals surface area (Å²) in [4.78, 5) is 49.9. The normalized spacial score (nSPS) is 11.1. The average molecular weight is 723 g/mol. The number of aryl methyl sites for hydroxylation is 2. The number of aromatic hydroxyl groups is 1. The zero-order valence-electron chi connectivity index (χ0n) is 31.4. The second-order valence-corrected chi connectivity index (χ2v) is 14.2. The van der Waals surface area contributed by atoms with E-state index >= 15 is 0 Å². The molecule has 280 valence electrons. The molecule has 0 aliphatic rings. The molecule has 0 radical (unpaired) electrons. The summed E-state index contributed by atoms with van der Waals surface area (Å²) in [6.45, 7) is 10.5. The molecular formula is C44H50O9. The van der Waals surface area contributed by atoms with E-state index in [2.05, 4.69) is 0 Å². The number of unbranched alkanes of at least 4 members (excludes halogenated alkanes) is 5. The number of ketones is 1. The lowest BCUT2D eigenvalue weighted by Gasteiger charge is -2.22. The number of hydrogen-bond donors (Lipinski definition) is 1. The van der Waals surface area contributed by atoms with Gasteiger partial charge in [0, 0.05) is 17.5 Å². The second-order valence-electron chi connectivity index (χ2n) is 14.2. The Kier molecular flexibility index (Phi) is 14.8. The predicted octanol–water partition coefficient (Wildman–Crippen LogP) is 9.67. The maximum atomic E-state index is 12.7. The molecule has 0 fully saturated rings. The van der Waals surface area contributed by atoms with Crippen LogP contribution >= 0.6 is 0 Å². The molecule has 0 heterocycles. The maximum absolute atomic E-state index is 12.7. The van der Waals surface area contributed by atoms with E-state index in [0.717, 1.165) is 44.1 Å². The van der Waals surface area contributed by atoms with Gasteiger partial charge in [0.2, 0.25) is 0 Å². The first-order valence-electron chi connectivity index (χ1n) is 18.2. The highest BCUT2D eigenvalue weighted by Gasteiger charge is 2.22. The molecule has 53 heavy (non-hydrogen) atoms. The van der Waals surface area contributed by atoms with Crippen molar-refractivity contribution in [3.05, 3.63) is 118 Å². The molecule has 9 heteroatoms. The summed E-state index contributed by atoms with van der Waals surface area (Å²) < 4.78 is 22.0. The van der Waals surface area contributed by atoms with E-state index in [4.69, 9.17) is 18.9 Å². The van der Waals surface area contributed by atoms with Crippen LogP contribution in [0.1, 0.15) is 120 Å². The lowest BCUT2D eigenvalue weighted by molar-refractivity contribution is -0.143. The molecule has 0 aliphatic carbocycles. The third kappa shape index (κ3) is 12.9. The Labute approximate surface area is 312 Å². The van der Waals surface area contributed by atoms with Crippen molar-refractivity contribution in [3.8, 4) is 23.0 Å². The monoisotopic (exact) mass is 722 g/mol. The van der Waals surface area contributed by atoms with Crippen molar-refractivity contribution in [1.82, 2.24) is 0 Å². The summed E-state index contributed by atoms with van der Waals surface area (Å²) in [5.74, 6) is 0.0390. The van der Waals surface area contributed by atoms with Crippen LogP contribution in [-0.2, 0) is 14.9 Å². The van der Waals surface area contributed by atoms with Crippen LogP contribution < -0.4 is 14.2 Å². The molecular weight excluding hydrogens is 672 g/mol. The van der Waals surface area contributed by atoms with Crippen LogP contribution in [0.25, 0.3) is 0 Å². The van der Waals surface area contributed by atoms with E-state index in [1.54, 1.807) is 79.7 Å². The summed E-state index contributed by atoms with van der Waals surface area (Å²) in [7, 11) is 0. The molecule has 0 aliphatic heterocycles. The van der Waals surface area contributed by atoms with Gasteiger partial charge in [-0.25, -0.2) is 9.59 Å². The Hall–Kier alpha value is -5.44. The van der Waals surface area contributed by atoms with E-state index in [1.807, 2.05) is 39.8 Å². The van der Waals surface area contributed by atoms with Gasteiger partial charge in [0.05, 0.1) is 30.8 Å². The molecule has 0 saturated carbocycles.